The lowest BCUT2D eigenvalue weighted by Gasteiger charge is -2.21. The number of aryl methyl sites for hydroxylation is 1. The minimum absolute atomic E-state index is 0.0491. The number of nitrogens with two attached hydrogens (primary N) is 1. The van der Waals surface area contributed by atoms with Crippen molar-refractivity contribution in [3.63, 3.8) is 0 Å². The molecule has 9 nitrogen and oxygen atoms in total. The normalized spacial score (nSPS) is 12.6. The molecule has 4 rings (SSSR count). The van der Waals surface area contributed by atoms with E-state index in [9.17, 15) is 4.79 Å². The molecule has 2 heterocycles. The molecule has 0 bridgehead atoms. The summed E-state index contributed by atoms with van der Waals surface area (Å²) in [5.74, 6) is 9.40. The first kappa shape index (κ1) is 24.7. The van der Waals surface area contributed by atoms with E-state index >= 15 is 0 Å². The molecule has 0 radical (unpaired) electrons. The van der Waals surface area contributed by atoms with E-state index in [1.165, 1.54) is 16.4 Å². The smallest absolute Gasteiger partial charge is 0.233 e. The maximum Gasteiger partial charge on any atom is 0.233 e. The Morgan fingerprint density at radius 1 is 1.17 bits per heavy atom. The molecule has 2 aromatic carbocycles. The van der Waals surface area contributed by atoms with Crippen molar-refractivity contribution in [2.45, 2.75) is 45.0 Å². The van der Waals surface area contributed by atoms with Crippen molar-refractivity contribution in [1.29, 1.82) is 0 Å². The number of benzene rings is 2. The van der Waals surface area contributed by atoms with Crippen LogP contribution < -0.4 is 20.1 Å². The van der Waals surface area contributed by atoms with Gasteiger partial charge in [-0.15, -0.1) is 10.2 Å². The van der Waals surface area contributed by atoms with Gasteiger partial charge in [0.25, 0.3) is 0 Å². The van der Waals surface area contributed by atoms with E-state index in [4.69, 9.17) is 20.1 Å². The van der Waals surface area contributed by atoms with Crippen LogP contribution in [0.15, 0.2) is 41.6 Å². The predicted octanol–water partition coefficient (Wildman–Crippen LogP) is 3.52. The molecule has 0 unspecified atom stereocenters. The molecule has 10 heteroatoms. The van der Waals surface area contributed by atoms with E-state index < -0.39 is 0 Å². The number of thioether (sulfide) groups is 1. The van der Waals surface area contributed by atoms with Gasteiger partial charge in [0.2, 0.25) is 11.1 Å². The molecule has 1 aliphatic heterocycles. The lowest BCUT2D eigenvalue weighted by Crippen LogP contribution is -2.28. The zero-order valence-electron chi connectivity index (χ0n) is 20.5. The molecule has 1 amide bonds. The average Bonchev–Trinajstić information content (AvgIpc) is 3.20. The van der Waals surface area contributed by atoms with E-state index in [2.05, 4.69) is 36.2 Å². The Bertz CT molecular complexity index is 1200. The molecule has 0 spiro atoms. The summed E-state index contributed by atoms with van der Waals surface area (Å²) >= 11 is 1.24. The standard InChI is InChI=1S/C25H31N5O4S/c1-16(2)19-7-5-17(3)11-21(19)34-14-23-27-28-25(30(23)26)35-15-24(31)29(4)13-18-6-8-20-22(12-18)33-10-9-32-20/h5-8,11-12,16H,9-10,13-15,26H2,1-4H3. The Balaban J connectivity index is 1.31. The van der Waals surface area contributed by atoms with Gasteiger partial charge in [-0.05, 0) is 47.7 Å². The maximum atomic E-state index is 12.7. The molecule has 1 aliphatic rings. The number of carbonyl (C=O) groups excluding carboxylic acids is 1. The molecule has 0 atom stereocenters. The summed E-state index contributed by atoms with van der Waals surface area (Å²) in [6.45, 7) is 7.99. The van der Waals surface area contributed by atoms with E-state index in [0.29, 0.717) is 42.4 Å². The van der Waals surface area contributed by atoms with Crippen LogP contribution in [0.4, 0.5) is 0 Å². The fraction of sp³-hybridized carbons (Fsp3) is 0.400. The van der Waals surface area contributed by atoms with E-state index in [0.717, 1.165) is 28.2 Å². The van der Waals surface area contributed by atoms with Crippen molar-refractivity contribution >= 4 is 17.7 Å². The first-order valence-corrected chi connectivity index (χ1v) is 12.5. The fourth-order valence-corrected chi connectivity index (χ4v) is 4.49. The van der Waals surface area contributed by atoms with Gasteiger partial charge < -0.3 is 25.0 Å². The van der Waals surface area contributed by atoms with Crippen molar-refractivity contribution in [3.05, 3.63) is 58.9 Å². The van der Waals surface area contributed by atoms with Gasteiger partial charge >= 0.3 is 0 Å². The number of fused-ring (bicyclic) bond motifs is 1. The largest absolute Gasteiger partial charge is 0.486 e. The van der Waals surface area contributed by atoms with Crippen LogP contribution in [0.25, 0.3) is 0 Å². The first-order valence-electron chi connectivity index (χ1n) is 11.5. The average molecular weight is 498 g/mol. The lowest BCUT2D eigenvalue weighted by molar-refractivity contribution is -0.127. The van der Waals surface area contributed by atoms with Crippen molar-refractivity contribution in [3.8, 4) is 17.2 Å². The van der Waals surface area contributed by atoms with Crippen LogP contribution in [0.5, 0.6) is 17.2 Å². The van der Waals surface area contributed by atoms with Crippen LogP contribution in [-0.2, 0) is 17.9 Å². The second kappa shape index (κ2) is 10.9. The molecule has 2 N–H and O–H groups in total. The number of nitrogen functional groups attached to an aromatic ring is 1. The third-order valence-electron chi connectivity index (χ3n) is 5.66. The Labute approximate surface area is 209 Å². The third-order valence-corrected chi connectivity index (χ3v) is 6.59. The Hall–Kier alpha value is -3.40. The SMILES string of the molecule is Cc1ccc(C(C)C)c(OCc2nnc(SCC(=O)N(C)Cc3ccc4c(c3)OCCO4)n2N)c1. The molecular formula is C25H31N5O4S. The minimum atomic E-state index is -0.0491. The zero-order chi connectivity index (χ0) is 24.9. The molecule has 0 saturated carbocycles. The molecule has 35 heavy (non-hydrogen) atoms. The number of hydrogen-bond donors (Lipinski definition) is 1. The minimum Gasteiger partial charge on any atom is -0.486 e. The number of aromatic nitrogens is 3. The zero-order valence-corrected chi connectivity index (χ0v) is 21.3. The summed E-state index contributed by atoms with van der Waals surface area (Å²) in [5, 5.41) is 8.74. The highest BCUT2D eigenvalue weighted by Gasteiger charge is 2.18. The molecular weight excluding hydrogens is 466 g/mol. The summed E-state index contributed by atoms with van der Waals surface area (Å²) in [6, 6.07) is 11.9. The number of rotatable bonds is 9. The summed E-state index contributed by atoms with van der Waals surface area (Å²) in [7, 11) is 1.76. The number of hydrogen-bond acceptors (Lipinski definition) is 8. The van der Waals surface area contributed by atoms with Gasteiger partial charge in [0.1, 0.15) is 25.6 Å². The molecule has 0 fully saturated rings. The molecule has 186 valence electrons. The van der Waals surface area contributed by atoms with Crippen LogP contribution in [0, 0.1) is 6.92 Å². The van der Waals surface area contributed by atoms with Crippen LogP contribution in [-0.4, -0.2) is 51.7 Å². The van der Waals surface area contributed by atoms with Crippen molar-refractivity contribution in [2.24, 2.45) is 0 Å². The Kier molecular flexibility index (Phi) is 7.70. The second-order valence-corrected chi connectivity index (χ2v) is 9.71. The summed E-state index contributed by atoms with van der Waals surface area (Å²) < 4.78 is 18.6. The summed E-state index contributed by atoms with van der Waals surface area (Å²) in [5.41, 5.74) is 3.21. The van der Waals surface area contributed by atoms with Crippen molar-refractivity contribution in [1.82, 2.24) is 19.8 Å². The third kappa shape index (κ3) is 6.00. The van der Waals surface area contributed by atoms with E-state index in [-0.39, 0.29) is 18.3 Å². The molecule has 1 aromatic heterocycles. The number of ether oxygens (including phenoxy) is 3. The first-order chi connectivity index (χ1) is 16.8. The maximum absolute atomic E-state index is 12.7. The number of amides is 1. The Morgan fingerprint density at radius 3 is 2.71 bits per heavy atom. The van der Waals surface area contributed by atoms with Gasteiger partial charge in [-0.25, -0.2) is 4.68 Å². The van der Waals surface area contributed by atoms with Gasteiger partial charge in [0, 0.05) is 13.6 Å². The summed E-state index contributed by atoms with van der Waals surface area (Å²) in [4.78, 5) is 14.4. The quantitative estimate of drug-likeness (QED) is 0.354. The van der Waals surface area contributed by atoms with E-state index in [1.54, 1.807) is 11.9 Å². The van der Waals surface area contributed by atoms with Gasteiger partial charge in [-0.3, -0.25) is 4.79 Å². The topological polar surface area (TPSA) is 105 Å². The highest BCUT2D eigenvalue weighted by atomic mass is 32.2. The second-order valence-electron chi connectivity index (χ2n) is 8.77. The van der Waals surface area contributed by atoms with Crippen LogP contribution >= 0.6 is 11.8 Å². The lowest BCUT2D eigenvalue weighted by atomic mass is 10.0. The Morgan fingerprint density at radius 2 is 1.94 bits per heavy atom. The van der Waals surface area contributed by atoms with Crippen molar-refractivity contribution in [2.75, 3.05) is 31.9 Å². The number of nitrogens with zero attached hydrogens (tertiary/aromatic N) is 4. The van der Waals surface area contributed by atoms with Gasteiger partial charge in [-0.1, -0.05) is 43.8 Å². The highest BCUT2D eigenvalue weighted by molar-refractivity contribution is 7.99. The summed E-state index contributed by atoms with van der Waals surface area (Å²) in [6.07, 6.45) is 0. The predicted molar refractivity (Wildman–Crippen MR) is 134 cm³/mol. The molecule has 0 aliphatic carbocycles. The monoisotopic (exact) mass is 497 g/mol. The van der Waals surface area contributed by atoms with Gasteiger partial charge in [0.15, 0.2) is 17.3 Å². The van der Waals surface area contributed by atoms with E-state index in [1.807, 2.05) is 31.2 Å². The van der Waals surface area contributed by atoms with Gasteiger partial charge in [-0.2, -0.15) is 0 Å². The van der Waals surface area contributed by atoms with Crippen LogP contribution in [0.2, 0.25) is 0 Å². The molecule has 0 saturated heterocycles. The van der Waals surface area contributed by atoms with Crippen LogP contribution in [0.1, 0.15) is 42.3 Å². The fourth-order valence-electron chi connectivity index (χ4n) is 3.67. The number of carbonyl (C=O) groups is 1. The van der Waals surface area contributed by atoms with Gasteiger partial charge in [0.05, 0.1) is 5.75 Å². The van der Waals surface area contributed by atoms with Crippen molar-refractivity contribution < 1.29 is 19.0 Å². The molecule has 3 aromatic rings. The highest BCUT2D eigenvalue weighted by Crippen LogP contribution is 2.31. The van der Waals surface area contributed by atoms with Crippen LogP contribution in [0.3, 0.4) is 0 Å².